The van der Waals surface area contributed by atoms with Crippen LogP contribution in [0.2, 0.25) is 0 Å². The first-order valence-corrected chi connectivity index (χ1v) is 12.8. The summed E-state index contributed by atoms with van der Waals surface area (Å²) in [7, 11) is 2.15. The molecule has 9 nitrogen and oxygen atoms in total. The SMILES string of the molecule is CC(=O)c1c(C)c2cnc(Nc3cnc(N4CCN(C)C(C)(C)C4)cn3)cc2n(C2CCCC2)c1=O. The van der Waals surface area contributed by atoms with Gasteiger partial charge in [0.2, 0.25) is 0 Å². The summed E-state index contributed by atoms with van der Waals surface area (Å²) in [6, 6.07) is 1.99. The number of aromatic nitrogens is 4. The summed E-state index contributed by atoms with van der Waals surface area (Å²) in [6.45, 7) is 10.5. The minimum atomic E-state index is -0.201. The Balaban J connectivity index is 1.46. The number of likely N-dealkylation sites (N-methyl/N-ethyl adjacent to an activating group) is 1. The standard InChI is InChI=1S/C27H35N7O2/c1-17-20-13-28-22(12-21(20)34(19-8-6-7-9-19)26(36)25(17)18(2)35)31-23-14-30-24(15-29-23)33-11-10-32(5)27(3,4)16-33/h12-15,19H,6-11,16H2,1-5H3,(H,28,29,31). The monoisotopic (exact) mass is 489 g/mol. The van der Waals surface area contributed by atoms with Crippen molar-refractivity contribution in [3.8, 4) is 0 Å². The van der Waals surface area contributed by atoms with Gasteiger partial charge in [-0.1, -0.05) is 12.8 Å². The predicted octanol–water partition coefficient (Wildman–Crippen LogP) is 4.09. The second kappa shape index (κ2) is 9.28. The number of hydrogen-bond acceptors (Lipinski definition) is 8. The lowest BCUT2D eigenvalue weighted by Crippen LogP contribution is -2.57. The molecule has 0 aromatic carbocycles. The molecule has 190 valence electrons. The highest BCUT2D eigenvalue weighted by Gasteiger charge is 2.31. The van der Waals surface area contributed by atoms with Crippen LogP contribution >= 0.6 is 0 Å². The van der Waals surface area contributed by atoms with Gasteiger partial charge < -0.3 is 14.8 Å². The third-order valence-electron chi connectivity index (χ3n) is 7.93. The number of nitrogens with zero attached hydrogens (tertiary/aromatic N) is 6. The molecule has 4 heterocycles. The van der Waals surface area contributed by atoms with Crippen molar-refractivity contribution in [1.29, 1.82) is 0 Å². The lowest BCUT2D eigenvalue weighted by atomic mass is 10.00. The average molecular weight is 490 g/mol. The zero-order chi connectivity index (χ0) is 25.6. The maximum Gasteiger partial charge on any atom is 0.262 e. The molecule has 3 aromatic heterocycles. The Morgan fingerprint density at radius 2 is 1.78 bits per heavy atom. The second-order valence-electron chi connectivity index (χ2n) is 10.8. The Hall–Kier alpha value is -3.33. The quantitative estimate of drug-likeness (QED) is 0.536. The fraction of sp³-hybridized carbons (Fsp3) is 0.519. The molecule has 1 saturated heterocycles. The van der Waals surface area contributed by atoms with E-state index in [0.717, 1.165) is 62.0 Å². The number of carbonyl (C=O) groups is 1. The third-order valence-corrected chi connectivity index (χ3v) is 7.93. The number of ketones is 1. The van der Waals surface area contributed by atoms with Crippen LogP contribution in [-0.2, 0) is 0 Å². The van der Waals surface area contributed by atoms with Crippen LogP contribution in [-0.4, -0.2) is 62.4 Å². The van der Waals surface area contributed by atoms with Crippen molar-refractivity contribution in [3.63, 3.8) is 0 Å². The first-order valence-electron chi connectivity index (χ1n) is 12.8. The van der Waals surface area contributed by atoms with Crippen LogP contribution in [0.1, 0.15) is 68.4 Å². The van der Waals surface area contributed by atoms with E-state index in [0.29, 0.717) is 17.2 Å². The second-order valence-corrected chi connectivity index (χ2v) is 10.8. The number of pyridine rings is 2. The van der Waals surface area contributed by atoms with Gasteiger partial charge in [-0.3, -0.25) is 14.5 Å². The maximum atomic E-state index is 13.4. The zero-order valence-corrected chi connectivity index (χ0v) is 21.8. The molecule has 0 spiro atoms. The number of piperazine rings is 1. The summed E-state index contributed by atoms with van der Waals surface area (Å²) < 4.78 is 1.82. The number of fused-ring (bicyclic) bond motifs is 1. The van der Waals surface area contributed by atoms with E-state index in [1.165, 1.54) is 6.92 Å². The number of carbonyl (C=O) groups excluding carboxylic acids is 1. The number of anilines is 3. The van der Waals surface area contributed by atoms with Crippen molar-refractivity contribution < 1.29 is 4.79 Å². The molecule has 2 aliphatic rings. The topological polar surface area (TPSA) is 96.2 Å². The van der Waals surface area contributed by atoms with Crippen LogP contribution in [0.3, 0.4) is 0 Å². The molecule has 1 aliphatic carbocycles. The molecule has 0 radical (unpaired) electrons. The third kappa shape index (κ3) is 4.36. The van der Waals surface area contributed by atoms with Crippen LogP contribution < -0.4 is 15.8 Å². The molecule has 0 unspecified atom stereocenters. The van der Waals surface area contributed by atoms with Crippen LogP contribution in [0, 0.1) is 6.92 Å². The number of aryl methyl sites for hydroxylation is 1. The Kier molecular flexibility index (Phi) is 6.28. The average Bonchev–Trinajstić information content (AvgIpc) is 3.35. The largest absolute Gasteiger partial charge is 0.352 e. The van der Waals surface area contributed by atoms with Crippen molar-refractivity contribution in [1.82, 2.24) is 24.4 Å². The van der Waals surface area contributed by atoms with Crippen LogP contribution in [0.4, 0.5) is 17.5 Å². The minimum Gasteiger partial charge on any atom is -0.352 e. The lowest BCUT2D eigenvalue weighted by molar-refractivity contribution is 0.101. The molecule has 2 fully saturated rings. The van der Waals surface area contributed by atoms with E-state index in [1.54, 1.807) is 18.6 Å². The van der Waals surface area contributed by atoms with Gasteiger partial charge in [0.05, 0.1) is 23.5 Å². The van der Waals surface area contributed by atoms with Gasteiger partial charge in [-0.15, -0.1) is 0 Å². The molecule has 0 bridgehead atoms. The Morgan fingerprint density at radius 1 is 1.06 bits per heavy atom. The van der Waals surface area contributed by atoms with Crippen LogP contribution in [0.5, 0.6) is 0 Å². The van der Waals surface area contributed by atoms with Gasteiger partial charge in [0.15, 0.2) is 5.78 Å². The highest BCUT2D eigenvalue weighted by atomic mass is 16.1. The van der Waals surface area contributed by atoms with Crippen molar-refractivity contribution in [2.24, 2.45) is 0 Å². The number of rotatable bonds is 5. The van der Waals surface area contributed by atoms with Gasteiger partial charge in [-0.25, -0.2) is 15.0 Å². The minimum absolute atomic E-state index is 0.0708. The maximum absolute atomic E-state index is 13.4. The number of hydrogen-bond donors (Lipinski definition) is 1. The molecule has 3 aromatic rings. The van der Waals surface area contributed by atoms with E-state index in [2.05, 4.69) is 51.0 Å². The van der Waals surface area contributed by atoms with Gasteiger partial charge in [-0.2, -0.15) is 0 Å². The highest BCUT2D eigenvalue weighted by molar-refractivity contribution is 6.00. The summed E-state index contributed by atoms with van der Waals surface area (Å²) in [5, 5.41) is 4.08. The summed E-state index contributed by atoms with van der Waals surface area (Å²) in [5.41, 5.74) is 1.63. The predicted molar refractivity (Wildman–Crippen MR) is 142 cm³/mol. The fourth-order valence-electron chi connectivity index (χ4n) is 5.58. The molecule has 0 atom stereocenters. The van der Waals surface area contributed by atoms with E-state index in [9.17, 15) is 9.59 Å². The van der Waals surface area contributed by atoms with E-state index < -0.39 is 0 Å². The smallest absolute Gasteiger partial charge is 0.262 e. The summed E-state index contributed by atoms with van der Waals surface area (Å²) >= 11 is 0. The van der Waals surface area contributed by atoms with Gasteiger partial charge in [0.1, 0.15) is 17.5 Å². The normalized spacial score (nSPS) is 18.6. The molecule has 0 amide bonds. The summed E-state index contributed by atoms with van der Waals surface area (Å²) in [4.78, 5) is 44.2. The first-order chi connectivity index (χ1) is 17.2. The zero-order valence-electron chi connectivity index (χ0n) is 21.8. The van der Waals surface area contributed by atoms with Gasteiger partial charge in [-0.05, 0) is 53.1 Å². The van der Waals surface area contributed by atoms with E-state index in [-0.39, 0.29) is 28.5 Å². The van der Waals surface area contributed by atoms with Gasteiger partial charge in [0, 0.05) is 48.9 Å². The molecule has 9 heteroatoms. The Morgan fingerprint density at radius 3 is 2.42 bits per heavy atom. The van der Waals surface area contributed by atoms with Gasteiger partial charge in [0.25, 0.3) is 5.56 Å². The highest BCUT2D eigenvalue weighted by Crippen LogP contribution is 2.33. The Labute approximate surface area is 211 Å². The summed E-state index contributed by atoms with van der Waals surface area (Å²) in [5.74, 6) is 1.83. The van der Waals surface area contributed by atoms with Gasteiger partial charge >= 0.3 is 0 Å². The van der Waals surface area contributed by atoms with Crippen LogP contribution in [0.25, 0.3) is 10.9 Å². The number of nitrogens with one attached hydrogen (secondary N) is 1. The van der Waals surface area contributed by atoms with Crippen molar-refractivity contribution >= 4 is 34.1 Å². The van der Waals surface area contributed by atoms with Crippen LogP contribution in [0.15, 0.2) is 29.5 Å². The number of Topliss-reactive ketones (excluding diaryl/α,β-unsaturated/α-hetero) is 1. The molecular weight excluding hydrogens is 454 g/mol. The van der Waals surface area contributed by atoms with E-state index in [1.807, 2.05) is 17.6 Å². The van der Waals surface area contributed by atoms with Crippen molar-refractivity contribution in [2.75, 3.05) is 36.9 Å². The van der Waals surface area contributed by atoms with Crippen molar-refractivity contribution in [2.45, 2.75) is 65.0 Å². The molecule has 1 aliphatic heterocycles. The molecule has 1 saturated carbocycles. The fourth-order valence-corrected chi connectivity index (χ4v) is 5.58. The molecule has 1 N–H and O–H groups in total. The van der Waals surface area contributed by atoms with E-state index >= 15 is 0 Å². The molecular formula is C27H35N7O2. The molecule has 36 heavy (non-hydrogen) atoms. The first kappa shape index (κ1) is 24.4. The summed E-state index contributed by atoms with van der Waals surface area (Å²) in [6.07, 6.45) is 9.32. The van der Waals surface area contributed by atoms with Crippen molar-refractivity contribution in [3.05, 3.63) is 46.1 Å². The molecule has 5 rings (SSSR count). The van der Waals surface area contributed by atoms with E-state index in [4.69, 9.17) is 0 Å². The lowest BCUT2D eigenvalue weighted by Gasteiger charge is -2.45. The Bertz CT molecular complexity index is 1360.